The molecule has 0 saturated carbocycles. The Bertz CT molecular complexity index is 381. The van der Waals surface area contributed by atoms with Crippen molar-refractivity contribution in [2.75, 3.05) is 13.2 Å². The van der Waals surface area contributed by atoms with Crippen LogP contribution in [0.1, 0.15) is 0 Å². The Morgan fingerprint density at radius 1 is 1.62 bits per heavy atom. The van der Waals surface area contributed by atoms with Gasteiger partial charge in [-0.3, -0.25) is 0 Å². The number of carbonyl (C=O) groups is 1. The SMILES string of the molecule is O=C(N1C=CC#CC1)[N+]1=CC=NC1. The van der Waals surface area contributed by atoms with Gasteiger partial charge in [-0.25, -0.2) is 4.99 Å². The van der Waals surface area contributed by atoms with Gasteiger partial charge in [-0.2, -0.15) is 14.3 Å². The fourth-order valence-electron chi connectivity index (χ4n) is 1.10. The zero-order valence-electron chi connectivity index (χ0n) is 6.97. The molecule has 2 aliphatic heterocycles. The first-order valence-corrected chi connectivity index (χ1v) is 3.93. The molecule has 0 aromatic rings. The minimum absolute atomic E-state index is 0.0808. The highest BCUT2D eigenvalue weighted by Crippen LogP contribution is 1.98. The van der Waals surface area contributed by atoms with Crippen molar-refractivity contribution in [3.05, 3.63) is 12.3 Å². The fraction of sp³-hybridized carbons (Fsp3) is 0.222. The standard InChI is InChI=1S/C9H8N3O/c13-9(12-7-4-10-8-12)11-5-2-1-3-6-11/h2,4-5,7H,6,8H2/q+1. The van der Waals surface area contributed by atoms with Gasteiger partial charge < -0.3 is 0 Å². The summed E-state index contributed by atoms with van der Waals surface area (Å²) >= 11 is 0. The van der Waals surface area contributed by atoms with Crippen LogP contribution in [0.4, 0.5) is 4.79 Å². The normalized spacial score (nSPS) is 18.2. The van der Waals surface area contributed by atoms with Crippen LogP contribution in [-0.2, 0) is 0 Å². The highest BCUT2D eigenvalue weighted by atomic mass is 16.2. The molecule has 0 unspecified atom stereocenters. The zero-order valence-corrected chi connectivity index (χ0v) is 6.97. The number of allylic oxidation sites excluding steroid dienone is 1. The van der Waals surface area contributed by atoms with Crippen molar-refractivity contribution in [2.45, 2.75) is 0 Å². The average Bonchev–Trinajstić information content (AvgIpc) is 2.71. The van der Waals surface area contributed by atoms with Gasteiger partial charge in [-0.05, 0) is 0 Å². The summed E-state index contributed by atoms with van der Waals surface area (Å²) < 4.78 is 1.54. The molecule has 2 amide bonds. The number of rotatable bonds is 0. The zero-order chi connectivity index (χ0) is 9.10. The van der Waals surface area contributed by atoms with Crippen LogP contribution in [-0.4, -0.2) is 41.1 Å². The molecule has 0 aromatic carbocycles. The Morgan fingerprint density at radius 2 is 2.54 bits per heavy atom. The van der Waals surface area contributed by atoms with Gasteiger partial charge in [0.05, 0.1) is 6.21 Å². The predicted molar refractivity (Wildman–Crippen MR) is 48.7 cm³/mol. The smallest absolute Gasteiger partial charge is 0.246 e. The summed E-state index contributed by atoms with van der Waals surface area (Å²) in [6, 6.07) is -0.0808. The second kappa shape index (κ2) is 3.23. The lowest BCUT2D eigenvalue weighted by Gasteiger charge is -2.08. The van der Waals surface area contributed by atoms with Gasteiger partial charge in [0.15, 0.2) is 13.2 Å². The van der Waals surface area contributed by atoms with Gasteiger partial charge in [0.2, 0.25) is 0 Å². The summed E-state index contributed by atoms with van der Waals surface area (Å²) in [4.78, 5) is 17.1. The fourth-order valence-corrected chi connectivity index (χ4v) is 1.10. The molecular weight excluding hydrogens is 166 g/mol. The largest absolute Gasteiger partial charge is 0.500 e. The van der Waals surface area contributed by atoms with E-state index in [1.807, 2.05) is 0 Å². The molecule has 0 saturated heterocycles. The van der Waals surface area contributed by atoms with E-state index < -0.39 is 0 Å². The summed E-state index contributed by atoms with van der Waals surface area (Å²) in [5.74, 6) is 5.60. The van der Waals surface area contributed by atoms with Crippen molar-refractivity contribution in [1.29, 1.82) is 0 Å². The Balaban J connectivity index is 2.07. The number of hydrogen-bond acceptors (Lipinski definition) is 2. The van der Waals surface area contributed by atoms with E-state index in [0.29, 0.717) is 13.2 Å². The second-order valence-corrected chi connectivity index (χ2v) is 2.64. The van der Waals surface area contributed by atoms with Gasteiger partial charge in [0.1, 0.15) is 12.4 Å². The highest BCUT2D eigenvalue weighted by Gasteiger charge is 2.24. The number of nitrogens with zero attached hydrogens (tertiary/aromatic N) is 3. The van der Waals surface area contributed by atoms with Crippen LogP contribution < -0.4 is 0 Å². The van der Waals surface area contributed by atoms with Crippen LogP contribution in [0.5, 0.6) is 0 Å². The molecule has 0 radical (unpaired) electrons. The van der Waals surface area contributed by atoms with E-state index in [0.717, 1.165) is 0 Å². The van der Waals surface area contributed by atoms with Gasteiger partial charge in [0.25, 0.3) is 0 Å². The topological polar surface area (TPSA) is 35.7 Å². The minimum atomic E-state index is -0.0808. The highest BCUT2D eigenvalue weighted by molar-refractivity contribution is 6.15. The van der Waals surface area contributed by atoms with Crippen LogP contribution in [0.15, 0.2) is 17.3 Å². The summed E-state index contributed by atoms with van der Waals surface area (Å²) in [5.41, 5.74) is 0. The number of carbonyl (C=O) groups excluding carboxylic acids is 1. The second-order valence-electron chi connectivity index (χ2n) is 2.64. The molecule has 2 aliphatic rings. The van der Waals surface area contributed by atoms with E-state index in [1.54, 1.807) is 29.6 Å². The van der Waals surface area contributed by atoms with Crippen molar-refractivity contribution >= 4 is 18.5 Å². The molecule has 4 heteroatoms. The van der Waals surface area contributed by atoms with Crippen molar-refractivity contribution < 1.29 is 9.37 Å². The van der Waals surface area contributed by atoms with Crippen molar-refractivity contribution in [3.8, 4) is 11.8 Å². The summed E-state index contributed by atoms with van der Waals surface area (Å²) in [6.45, 7) is 0.871. The number of amides is 2. The quantitative estimate of drug-likeness (QED) is 0.378. The molecule has 64 valence electrons. The number of hydrogen-bond donors (Lipinski definition) is 0. The van der Waals surface area contributed by atoms with E-state index in [2.05, 4.69) is 16.8 Å². The summed E-state index contributed by atoms with van der Waals surface area (Å²) in [6.07, 6.45) is 6.64. The van der Waals surface area contributed by atoms with Gasteiger partial charge in [-0.15, -0.1) is 0 Å². The molecule has 0 bridgehead atoms. The van der Waals surface area contributed by atoms with Crippen molar-refractivity contribution in [2.24, 2.45) is 4.99 Å². The Morgan fingerprint density at radius 3 is 3.15 bits per heavy atom. The van der Waals surface area contributed by atoms with Crippen LogP contribution >= 0.6 is 0 Å². The molecule has 0 aliphatic carbocycles. The van der Waals surface area contributed by atoms with Gasteiger partial charge >= 0.3 is 6.03 Å². The molecule has 0 fully saturated rings. The van der Waals surface area contributed by atoms with Gasteiger partial charge in [0, 0.05) is 6.08 Å². The van der Waals surface area contributed by atoms with E-state index in [1.165, 1.54) is 4.58 Å². The van der Waals surface area contributed by atoms with Crippen LogP contribution in [0.2, 0.25) is 0 Å². The lowest BCUT2D eigenvalue weighted by Crippen LogP contribution is -2.34. The Labute approximate surface area is 75.9 Å². The Hall–Kier alpha value is -1.89. The lowest BCUT2D eigenvalue weighted by molar-refractivity contribution is -0.423. The first-order chi connectivity index (χ1) is 6.38. The minimum Gasteiger partial charge on any atom is -0.246 e. The number of aliphatic imine (C=N–C) groups is 1. The molecular formula is C9H8N3O+. The molecule has 0 N–H and O–H groups in total. The molecule has 2 heterocycles. The van der Waals surface area contributed by atoms with Crippen molar-refractivity contribution in [3.63, 3.8) is 0 Å². The lowest BCUT2D eigenvalue weighted by atomic mass is 10.4. The third kappa shape index (κ3) is 1.49. The first kappa shape index (κ1) is 7.74. The van der Waals surface area contributed by atoms with Crippen LogP contribution in [0, 0.1) is 11.8 Å². The third-order valence-corrected chi connectivity index (χ3v) is 1.77. The van der Waals surface area contributed by atoms with Crippen LogP contribution in [0.3, 0.4) is 0 Å². The summed E-state index contributed by atoms with van der Waals surface area (Å²) in [7, 11) is 0. The average molecular weight is 174 g/mol. The maximum absolute atomic E-state index is 11.6. The summed E-state index contributed by atoms with van der Waals surface area (Å²) in [5, 5.41) is 0. The third-order valence-electron chi connectivity index (χ3n) is 1.77. The molecule has 4 nitrogen and oxygen atoms in total. The molecule has 0 atom stereocenters. The Kier molecular flexibility index (Phi) is 1.93. The maximum Gasteiger partial charge on any atom is 0.500 e. The van der Waals surface area contributed by atoms with Crippen molar-refractivity contribution in [1.82, 2.24) is 4.90 Å². The predicted octanol–water partition coefficient (Wildman–Crippen LogP) is 0.0643. The van der Waals surface area contributed by atoms with E-state index in [-0.39, 0.29) is 6.03 Å². The monoisotopic (exact) mass is 174 g/mol. The van der Waals surface area contributed by atoms with Gasteiger partial charge in [-0.1, -0.05) is 11.8 Å². The molecule has 2 rings (SSSR count). The number of urea groups is 1. The first-order valence-electron chi connectivity index (χ1n) is 3.93. The molecule has 0 spiro atoms. The molecule has 0 aromatic heterocycles. The van der Waals surface area contributed by atoms with E-state index in [9.17, 15) is 4.79 Å². The maximum atomic E-state index is 11.6. The molecule has 13 heavy (non-hydrogen) atoms. The van der Waals surface area contributed by atoms with Crippen LogP contribution in [0.25, 0.3) is 0 Å². The van der Waals surface area contributed by atoms with E-state index >= 15 is 0 Å². The van der Waals surface area contributed by atoms with E-state index in [4.69, 9.17) is 0 Å².